The summed E-state index contributed by atoms with van der Waals surface area (Å²) in [4.78, 5) is 0. The van der Waals surface area contributed by atoms with E-state index in [1.165, 1.54) is 18.2 Å². The van der Waals surface area contributed by atoms with Gasteiger partial charge in [-0.1, -0.05) is 31.5 Å². The van der Waals surface area contributed by atoms with Gasteiger partial charge in [0.1, 0.15) is 17.5 Å². The zero-order valence-corrected chi connectivity index (χ0v) is 21.7. The normalized spacial score (nSPS) is 12.8. The zero-order valence-electron chi connectivity index (χ0n) is 21.7. The Morgan fingerprint density at radius 3 is 1.54 bits per heavy atom. The highest BCUT2D eigenvalue weighted by Gasteiger charge is 2.47. The molecule has 13 heteroatoms. The van der Waals surface area contributed by atoms with Crippen LogP contribution in [0.25, 0.3) is 0 Å². The van der Waals surface area contributed by atoms with Crippen LogP contribution in [0.3, 0.4) is 0 Å². The molecular formula is C26H30B3F3O7. The van der Waals surface area contributed by atoms with Crippen molar-refractivity contribution in [2.24, 2.45) is 0 Å². The molecule has 3 rings (SSSR count). The molecule has 0 aromatic heterocycles. The molecule has 3 aromatic carbocycles. The molecule has 0 aliphatic heterocycles. The van der Waals surface area contributed by atoms with E-state index in [0.717, 1.165) is 36.4 Å². The number of benzene rings is 3. The number of hydrogen-bond acceptors (Lipinski definition) is 7. The zero-order chi connectivity index (χ0) is 28.7. The van der Waals surface area contributed by atoms with E-state index in [1.807, 2.05) is 6.92 Å². The highest BCUT2D eigenvalue weighted by atomic mass is 19.1. The Labute approximate surface area is 226 Å². The Balaban J connectivity index is 2.11. The van der Waals surface area contributed by atoms with E-state index in [2.05, 4.69) is 0 Å². The maximum Gasteiger partial charge on any atom is 0.491 e. The van der Waals surface area contributed by atoms with Crippen molar-refractivity contribution < 1.29 is 47.8 Å². The minimum absolute atomic E-state index is 0.0667. The number of aliphatic hydroxyl groups is 3. The van der Waals surface area contributed by atoms with Crippen LogP contribution in [0.5, 0.6) is 0 Å². The minimum Gasteiger partial charge on any atom is -0.465 e. The van der Waals surface area contributed by atoms with Crippen molar-refractivity contribution in [3.8, 4) is 0 Å². The lowest BCUT2D eigenvalue weighted by Gasteiger charge is -2.38. The van der Waals surface area contributed by atoms with Crippen LogP contribution >= 0.6 is 0 Å². The number of aliphatic hydroxyl groups excluding tert-OH is 3. The van der Waals surface area contributed by atoms with Crippen molar-refractivity contribution in [1.82, 2.24) is 0 Å². The third kappa shape index (κ3) is 7.31. The first-order chi connectivity index (χ1) is 18.6. The first-order valence-corrected chi connectivity index (χ1v) is 12.4. The fourth-order valence-electron chi connectivity index (χ4n) is 4.69. The van der Waals surface area contributed by atoms with Crippen molar-refractivity contribution >= 4 is 37.5 Å². The summed E-state index contributed by atoms with van der Waals surface area (Å²) in [6.07, 6.45) is 0.708. The van der Waals surface area contributed by atoms with Crippen molar-refractivity contribution in [3.63, 3.8) is 0 Å². The molecule has 0 aliphatic rings. The molecule has 0 bridgehead atoms. The van der Waals surface area contributed by atoms with Gasteiger partial charge in [-0.05, 0) is 82.8 Å². The second-order valence-corrected chi connectivity index (χ2v) is 9.41. The van der Waals surface area contributed by atoms with E-state index in [-0.39, 0.29) is 39.5 Å². The Morgan fingerprint density at radius 2 is 1.10 bits per heavy atom. The molecule has 0 amide bonds. The first kappa shape index (κ1) is 30.9. The van der Waals surface area contributed by atoms with Crippen molar-refractivity contribution in [3.05, 3.63) is 88.7 Å². The molecule has 1 unspecified atom stereocenters. The topological polar surface area (TPSA) is 120 Å². The number of halogens is 3. The molecule has 7 nitrogen and oxygen atoms in total. The van der Waals surface area contributed by atoms with Gasteiger partial charge in [0.05, 0.1) is 25.3 Å². The monoisotopic (exact) mass is 544 g/mol. The van der Waals surface area contributed by atoms with Crippen molar-refractivity contribution in [2.45, 2.75) is 52.0 Å². The summed E-state index contributed by atoms with van der Waals surface area (Å²) in [6.45, 7) is 0.421. The van der Waals surface area contributed by atoms with Crippen LogP contribution in [0.15, 0.2) is 54.6 Å². The average Bonchev–Trinajstić information content (AvgIpc) is 2.91. The van der Waals surface area contributed by atoms with Gasteiger partial charge in [-0.15, -0.1) is 0 Å². The summed E-state index contributed by atoms with van der Waals surface area (Å²) in [7, 11) is -3.41. The van der Waals surface area contributed by atoms with Crippen LogP contribution < -0.4 is 16.4 Å². The van der Waals surface area contributed by atoms with Gasteiger partial charge in [-0.3, -0.25) is 0 Å². The molecule has 0 radical (unpaired) electrons. The van der Waals surface area contributed by atoms with E-state index in [4.69, 9.17) is 9.23 Å². The molecule has 1 atom stereocenters. The summed E-state index contributed by atoms with van der Waals surface area (Å²) < 4.78 is 53.7. The average molecular weight is 544 g/mol. The molecule has 5 N–H and O–H groups in total. The maximum absolute atomic E-state index is 14.1. The third-order valence-electron chi connectivity index (χ3n) is 6.59. The van der Waals surface area contributed by atoms with Crippen LogP contribution in [0.1, 0.15) is 43.4 Å². The molecule has 0 saturated carbocycles. The summed E-state index contributed by atoms with van der Waals surface area (Å²) in [6, 6.07) is 10.4. The number of hydrogen-bond donors (Lipinski definition) is 5. The summed E-state index contributed by atoms with van der Waals surface area (Å²) in [5, 5.41) is 51.5. The van der Waals surface area contributed by atoms with Crippen LogP contribution in [0.2, 0.25) is 0 Å². The molecule has 0 spiro atoms. The van der Waals surface area contributed by atoms with Crippen LogP contribution in [-0.2, 0) is 29.0 Å². The molecule has 0 fully saturated rings. The van der Waals surface area contributed by atoms with E-state index in [9.17, 15) is 38.5 Å². The fourth-order valence-corrected chi connectivity index (χ4v) is 4.69. The van der Waals surface area contributed by atoms with Crippen LogP contribution in [0, 0.1) is 17.5 Å². The molecule has 3 aromatic rings. The van der Waals surface area contributed by atoms with Crippen LogP contribution in [-0.4, -0.2) is 52.0 Å². The lowest BCUT2D eigenvalue weighted by molar-refractivity contribution is 0.120. The van der Waals surface area contributed by atoms with Gasteiger partial charge in [0, 0.05) is 0 Å². The van der Waals surface area contributed by atoms with E-state index < -0.39 is 63.9 Å². The second kappa shape index (κ2) is 13.6. The van der Waals surface area contributed by atoms with Gasteiger partial charge >= 0.3 is 21.2 Å². The molecule has 0 heterocycles. The quantitative estimate of drug-likeness (QED) is 0.201. The molecule has 0 aliphatic carbocycles. The molecular weight excluding hydrogens is 514 g/mol. The summed E-state index contributed by atoms with van der Waals surface area (Å²) >= 11 is 0. The second-order valence-electron chi connectivity index (χ2n) is 9.41. The van der Waals surface area contributed by atoms with Crippen molar-refractivity contribution in [2.75, 3.05) is 0 Å². The fraction of sp³-hybridized carbons (Fsp3) is 0.308. The van der Waals surface area contributed by atoms with Crippen LogP contribution in [0.4, 0.5) is 13.2 Å². The summed E-state index contributed by atoms with van der Waals surface area (Å²) in [5.74, 6) is -1.87. The highest BCUT2D eigenvalue weighted by molar-refractivity contribution is 6.79. The van der Waals surface area contributed by atoms with Crippen molar-refractivity contribution in [1.29, 1.82) is 0 Å². The molecule has 39 heavy (non-hydrogen) atoms. The SMILES string of the molecule is CCCC(C)(OB(O)c1ccc(F)cc1CO)B(OB(O)c1ccc(F)cc1CO)c1ccc(F)cc1CO. The van der Waals surface area contributed by atoms with Gasteiger partial charge in [0.25, 0.3) is 0 Å². The largest absolute Gasteiger partial charge is 0.491 e. The maximum atomic E-state index is 14.1. The predicted octanol–water partition coefficient (Wildman–Crippen LogP) is 0.686. The van der Waals surface area contributed by atoms with Gasteiger partial charge in [-0.2, -0.15) is 0 Å². The first-order valence-electron chi connectivity index (χ1n) is 12.4. The van der Waals surface area contributed by atoms with Gasteiger partial charge in [0.15, 0.2) is 0 Å². The van der Waals surface area contributed by atoms with Gasteiger partial charge in [0.2, 0.25) is 0 Å². The Bertz CT molecular complexity index is 1270. The summed E-state index contributed by atoms with van der Waals surface area (Å²) in [5.41, 5.74) is -0.755. The third-order valence-corrected chi connectivity index (χ3v) is 6.59. The Kier molecular flexibility index (Phi) is 10.8. The van der Waals surface area contributed by atoms with Gasteiger partial charge < -0.3 is 34.6 Å². The van der Waals surface area contributed by atoms with E-state index in [0.29, 0.717) is 6.42 Å². The smallest absolute Gasteiger partial charge is 0.465 e. The standard InChI is InChI=1S/C26H30B3F3O7/c1-3-10-26(2,38-28(36)24-8-5-21(31)12-18(24)15-34)27(23-7-4-20(30)11-17(23)14-33)39-29(37)25-9-6-22(32)13-19(25)16-35/h4-9,11-13,33-37H,3,10,14-16H2,1-2H3. The highest BCUT2D eigenvalue weighted by Crippen LogP contribution is 2.25. The predicted molar refractivity (Wildman–Crippen MR) is 143 cm³/mol. The number of rotatable bonds is 13. The molecule has 206 valence electrons. The van der Waals surface area contributed by atoms with E-state index >= 15 is 0 Å². The molecule has 0 saturated heterocycles. The minimum atomic E-state index is -1.73. The van der Waals surface area contributed by atoms with Gasteiger partial charge in [-0.25, -0.2) is 13.2 Å². The Morgan fingerprint density at radius 1 is 0.692 bits per heavy atom. The van der Waals surface area contributed by atoms with E-state index in [1.54, 1.807) is 6.92 Å². The Hall–Kier alpha value is -2.64. The lowest BCUT2D eigenvalue weighted by atomic mass is 9.44. The lowest BCUT2D eigenvalue weighted by Crippen LogP contribution is -2.62.